The van der Waals surface area contributed by atoms with Gasteiger partial charge >= 0.3 is 162 Å². The molecule has 0 fully saturated rings. The maximum absolute atomic E-state index is 3.09. The molecule has 0 bridgehead atoms. The van der Waals surface area contributed by atoms with Gasteiger partial charge in [-0.15, -0.1) is 0 Å². The van der Waals surface area contributed by atoms with Crippen LogP contribution in [0.1, 0.15) is 111 Å². The average molecular weight is 456 g/mol. The summed E-state index contributed by atoms with van der Waals surface area (Å²) in [6, 6.07) is 0. The van der Waals surface area contributed by atoms with E-state index in [0.29, 0.717) is 0 Å². The second kappa shape index (κ2) is 14.3. The molecule has 0 aliphatic rings. The quantitative estimate of drug-likeness (QED) is 0.116. The zero-order valence-electron chi connectivity index (χ0n) is 16.8. The molecule has 0 unspecified atom stereocenters. The molecule has 0 aromatic heterocycles. The second-order valence-corrected chi connectivity index (χ2v) is 21.5. The first-order valence-corrected chi connectivity index (χ1v) is 16.5. The third-order valence-electron chi connectivity index (χ3n) is 5.49. The molecule has 0 amide bonds. The molecular formula is C21H46IP. The molecule has 0 saturated heterocycles. The third-order valence-corrected chi connectivity index (χ3v) is 17.1. The Morgan fingerprint density at radius 2 is 0.783 bits per heavy atom. The Hall–Kier alpha value is 1.16. The summed E-state index contributed by atoms with van der Waals surface area (Å²) in [5.41, 5.74) is 0. The monoisotopic (exact) mass is 456 g/mol. The van der Waals surface area contributed by atoms with Gasteiger partial charge in [-0.05, 0) is 0 Å². The standard InChI is InChI=1S/C21H46IP/c1-5-9-12-15-19-23(22,18-8-4,20-16-13-10-6-2)21-17-14-11-7-3/h5-21H2,1-4H3. The van der Waals surface area contributed by atoms with Crippen molar-refractivity contribution in [1.82, 2.24) is 0 Å². The van der Waals surface area contributed by atoms with E-state index in [1.807, 2.05) is 0 Å². The molecule has 2 heteroatoms. The molecular weight excluding hydrogens is 410 g/mol. The first-order valence-electron chi connectivity index (χ1n) is 10.8. The van der Waals surface area contributed by atoms with Crippen LogP contribution in [0.4, 0.5) is 0 Å². The van der Waals surface area contributed by atoms with Crippen LogP contribution in [0.2, 0.25) is 0 Å². The Labute approximate surface area is 161 Å². The van der Waals surface area contributed by atoms with Gasteiger partial charge in [0.25, 0.3) is 0 Å². The van der Waals surface area contributed by atoms with E-state index in [4.69, 9.17) is 0 Å². The fraction of sp³-hybridized carbons (Fsp3) is 1.00. The van der Waals surface area contributed by atoms with Crippen LogP contribution in [-0.2, 0) is 0 Å². The topological polar surface area (TPSA) is 0 Å². The molecule has 0 atom stereocenters. The summed E-state index contributed by atoms with van der Waals surface area (Å²) < 4.78 is -1.46. The molecule has 0 nitrogen and oxygen atoms in total. The van der Waals surface area contributed by atoms with E-state index >= 15 is 0 Å². The SMILES string of the molecule is CCCCCCP(I)(CCC)(CCCCCC)CCCCCC. The van der Waals surface area contributed by atoms with Crippen molar-refractivity contribution in [2.75, 3.05) is 24.6 Å². The van der Waals surface area contributed by atoms with Crippen molar-refractivity contribution < 1.29 is 0 Å². The first-order chi connectivity index (χ1) is 11.0. The number of halogens is 1. The van der Waals surface area contributed by atoms with Crippen molar-refractivity contribution in [2.24, 2.45) is 0 Å². The van der Waals surface area contributed by atoms with Crippen LogP contribution in [0.3, 0.4) is 0 Å². The summed E-state index contributed by atoms with van der Waals surface area (Å²) >= 11 is 3.09. The van der Waals surface area contributed by atoms with Crippen molar-refractivity contribution in [3.63, 3.8) is 0 Å². The molecule has 23 heavy (non-hydrogen) atoms. The van der Waals surface area contributed by atoms with Gasteiger partial charge in [0.05, 0.1) is 0 Å². The molecule has 142 valence electrons. The average Bonchev–Trinajstić information content (AvgIpc) is 2.54. The van der Waals surface area contributed by atoms with Crippen molar-refractivity contribution >= 4 is 26.3 Å². The van der Waals surface area contributed by atoms with Gasteiger partial charge < -0.3 is 0 Å². The summed E-state index contributed by atoms with van der Waals surface area (Å²) in [6.45, 7) is 9.45. The van der Waals surface area contributed by atoms with Crippen molar-refractivity contribution in [2.45, 2.75) is 111 Å². The summed E-state index contributed by atoms with van der Waals surface area (Å²) in [6.07, 6.45) is 25.2. The van der Waals surface area contributed by atoms with E-state index in [9.17, 15) is 0 Å². The first kappa shape index (κ1) is 24.2. The van der Waals surface area contributed by atoms with E-state index in [0.717, 1.165) is 0 Å². The van der Waals surface area contributed by atoms with E-state index < -0.39 is 4.25 Å². The van der Waals surface area contributed by atoms with E-state index in [-0.39, 0.29) is 0 Å². The van der Waals surface area contributed by atoms with Gasteiger partial charge in [-0.2, -0.15) is 0 Å². The van der Waals surface area contributed by atoms with Crippen LogP contribution in [-0.4, -0.2) is 24.6 Å². The van der Waals surface area contributed by atoms with Crippen molar-refractivity contribution in [3.8, 4) is 0 Å². The normalized spacial score (nSPS) is 13.9. The van der Waals surface area contributed by atoms with E-state index in [1.165, 1.54) is 83.5 Å². The van der Waals surface area contributed by atoms with Gasteiger partial charge in [0.2, 0.25) is 0 Å². The number of hydrogen-bond acceptors (Lipinski definition) is 0. The second-order valence-electron chi connectivity index (χ2n) is 7.90. The number of unbranched alkanes of at least 4 members (excludes halogenated alkanes) is 9. The van der Waals surface area contributed by atoms with Gasteiger partial charge in [-0.3, -0.25) is 0 Å². The Balaban J connectivity index is 4.74. The Morgan fingerprint density at radius 1 is 0.435 bits per heavy atom. The Kier molecular flexibility index (Phi) is 15.1. The van der Waals surface area contributed by atoms with Crippen LogP contribution in [0.5, 0.6) is 0 Å². The molecule has 0 heterocycles. The van der Waals surface area contributed by atoms with Crippen LogP contribution in [0, 0.1) is 0 Å². The van der Waals surface area contributed by atoms with Gasteiger partial charge in [-0.25, -0.2) is 0 Å². The van der Waals surface area contributed by atoms with Gasteiger partial charge in [-0.1, -0.05) is 0 Å². The fourth-order valence-electron chi connectivity index (χ4n) is 4.03. The van der Waals surface area contributed by atoms with Crippen LogP contribution >= 0.6 is 26.3 Å². The molecule has 0 N–H and O–H groups in total. The number of rotatable bonds is 17. The van der Waals surface area contributed by atoms with Crippen LogP contribution < -0.4 is 0 Å². The van der Waals surface area contributed by atoms with Crippen molar-refractivity contribution in [1.29, 1.82) is 0 Å². The van der Waals surface area contributed by atoms with Gasteiger partial charge in [0, 0.05) is 0 Å². The summed E-state index contributed by atoms with van der Waals surface area (Å²) in [7, 11) is 0. The van der Waals surface area contributed by atoms with Crippen LogP contribution in [0.15, 0.2) is 0 Å². The summed E-state index contributed by atoms with van der Waals surface area (Å²) in [5.74, 6) is 0. The molecule has 0 saturated carbocycles. The zero-order valence-corrected chi connectivity index (χ0v) is 19.9. The molecule has 0 aromatic carbocycles. The van der Waals surface area contributed by atoms with Crippen LogP contribution in [0.25, 0.3) is 0 Å². The van der Waals surface area contributed by atoms with E-state index in [1.54, 1.807) is 24.6 Å². The molecule has 0 aromatic rings. The van der Waals surface area contributed by atoms with Crippen molar-refractivity contribution in [3.05, 3.63) is 0 Å². The van der Waals surface area contributed by atoms with Gasteiger partial charge in [0.15, 0.2) is 0 Å². The Morgan fingerprint density at radius 3 is 1.04 bits per heavy atom. The van der Waals surface area contributed by atoms with E-state index in [2.05, 4.69) is 49.7 Å². The summed E-state index contributed by atoms with van der Waals surface area (Å²) in [5, 5.41) is 0. The molecule has 0 aliphatic carbocycles. The third kappa shape index (κ3) is 11.4. The molecule has 0 rings (SSSR count). The number of hydrogen-bond donors (Lipinski definition) is 0. The predicted octanol–water partition coefficient (Wildman–Crippen LogP) is 9.04. The molecule has 0 radical (unpaired) electrons. The Bertz CT molecular complexity index is 231. The minimum atomic E-state index is -1.46. The zero-order chi connectivity index (χ0) is 17.5. The maximum atomic E-state index is 3.09. The predicted molar refractivity (Wildman–Crippen MR) is 123 cm³/mol. The summed E-state index contributed by atoms with van der Waals surface area (Å²) in [4.78, 5) is 0. The van der Waals surface area contributed by atoms with Gasteiger partial charge in [0.1, 0.15) is 0 Å². The minimum absolute atomic E-state index is 1.37. The fourth-order valence-corrected chi connectivity index (χ4v) is 14.0. The molecule has 0 aliphatic heterocycles. The molecule has 0 spiro atoms.